The summed E-state index contributed by atoms with van der Waals surface area (Å²) >= 11 is 0. The van der Waals surface area contributed by atoms with Crippen molar-refractivity contribution < 1.29 is 23.8 Å². The number of ether oxygens (including phenoxy) is 3. The van der Waals surface area contributed by atoms with Crippen LogP contribution in [0.4, 0.5) is 4.79 Å². The summed E-state index contributed by atoms with van der Waals surface area (Å²) in [6.07, 6.45) is -0.802. The molecule has 2 rings (SSSR count). The van der Waals surface area contributed by atoms with Gasteiger partial charge in [0.2, 0.25) is 0 Å². The zero-order chi connectivity index (χ0) is 17.1. The molecule has 5 heteroatoms. The smallest absolute Gasteiger partial charge is 0.437 e. The highest BCUT2D eigenvalue weighted by Gasteiger charge is 2.20. The van der Waals surface area contributed by atoms with Crippen LogP contribution in [0.2, 0.25) is 0 Å². The first-order valence-corrected chi connectivity index (χ1v) is 7.02. The number of carbonyl (C=O) groups excluding carboxylic acids is 2. The molecule has 0 aliphatic rings. The van der Waals surface area contributed by atoms with Crippen LogP contribution in [0, 0.1) is 13.8 Å². The van der Waals surface area contributed by atoms with Crippen LogP contribution in [-0.2, 0) is 9.53 Å². The van der Waals surface area contributed by atoms with Gasteiger partial charge in [-0.25, -0.2) is 9.59 Å². The van der Waals surface area contributed by atoms with Crippen molar-refractivity contribution >= 4 is 22.9 Å². The minimum atomic E-state index is -0.802. The molecule has 120 valence electrons. The monoisotopic (exact) mass is 314 g/mol. The van der Waals surface area contributed by atoms with E-state index in [-0.39, 0.29) is 0 Å². The van der Waals surface area contributed by atoms with Gasteiger partial charge in [0.25, 0.3) is 0 Å². The maximum Gasteiger partial charge on any atom is 0.513 e. The van der Waals surface area contributed by atoms with Gasteiger partial charge in [0.1, 0.15) is 11.5 Å². The van der Waals surface area contributed by atoms with Crippen molar-refractivity contribution in [1.82, 2.24) is 0 Å². The second kappa shape index (κ2) is 6.52. The van der Waals surface area contributed by atoms with Gasteiger partial charge in [-0.2, -0.15) is 0 Å². The van der Waals surface area contributed by atoms with Crippen LogP contribution < -0.4 is 9.47 Å². The zero-order valence-corrected chi connectivity index (χ0v) is 13.6. The first-order valence-electron chi connectivity index (χ1n) is 7.02. The number of rotatable bonds is 3. The molecule has 5 nitrogen and oxygen atoms in total. The molecule has 0 N–H and O–H groups in total. The standard InChI is InChI=1S/C18H18O5/c1-10(2)17(19)22-15-11(3)12(4)16(23-18(20)21-5)14-9-7-6-8-13(14)15/h6-9H,1H2,2-5H3. The summed E-state index contributed by atoms with van der Waals surface area (Å²) in [5.41, 5.74) is 1.71. The molecule has 0 saturated heterocycles. The third kappa shape index (κ3) is 3.18. The molecule has 0 atom stereocenters. The summed E-state index contributed by atoms with van der Waals surface area (Å²) in [5, 5.41) is 1.33. The second-order valence-electron chi connectivity index (χ2n) is 5.18. The predicted octanol–water partition coefficient (Wildman–Crippen LogP) is 4.08. The summed E-state index contributed by atoms with van der Waals surface area (Å²) in [5.74, 6) is 0.322. The number of carbonyl (C=O) groups is 2. The summed E-state index contributed by atoms with van der Waals surface area (Å²) in [6, 6.07) is 7.22. The van der Waals surface area contributed by atoms with Gasteiger partial charge in [-0.05, 0) is 31.9 Å². The topological polar surface area (TPSA) is 61.8 Å². The molecular formula is C18H18O5. The van der Waals surface area contributed by atoms with Crippen molar-refractivity contribution in [2.75, 3.05) is 7.11 Å². The van der Waals surface area contributed by atoms with Crippen LogP contribution in [0.3, 0.4) is 0 Å². The third-order valence-corrected chi connectivity index (χ3v) is 3.56. The van der Waals surface area contributed by atoms with Crippen LogP contribution in [0.15, 0.2) is 36.4 Å². The number of benzene rings is 2. The number of esters is 1. The van der Waals surface area contributed by atoms with Gasteiger partial charge in [0.15, 0.2) is 0 Å². The van der Waals surface area contributed by atoms with E-state index < -0.39 is 12.1 Å². The first-order chi connectivity index (χ1) is 10.9. The highest BCUT2D eigenvalue weighted by Crippen LogP contribution is 2.40. The van der Waals surface area contributed by atoms with Gasteiger partial charge in [-0.3, -0.25) is 0 Å². The van der Waals surface area contributed by atoms with Gasteiger partial charge in [-0.15, -0.1) is 0 Å². The predicted molar refractivity (Wildman–Crippen MR) is 86.9 cm³/mol. The minimum absolute atomic E-state index is 0.307. The summed E-state index contributed by atoms with van der Waals surface area (Å²) in [6.45, 7) is 8.76. The lowest BCUT2D eigenvalue weighted by Gasteiger charge is -2.17. The van der Waals surface area contributed by atoms with Crippen molar-refractivity contribution in [1.29, 1.82) is 0 Å². The van der Waals surface area contributed by atoms with Gasteiger partial charge in [-0.1, -0.05) is 30.8 Å². The van der Waals surface area contributed by atoms with E-state index in [0.717, 1.165) is 0 Å². The van der Waals surface area contributed by atoms with Crippen LogP contribution in [0.25, 0.3) is 10.8 Å². The third-order valence-electron chi connectivity index (χ3n) is 3.56. The van der Waals surface area contributed by atoms with Gasteiger partial charge in [0, 0.05) is 16.3 Å². The van der Waals surface area contributed by atoms with Crippen LogP contribution in [0.5, 0.6) is 11.5 Å². The summed E-state index contributed by atoms with van der Waals surface area (Å²) in [7, 11) is 1.25. The number of hydrogen-bond acceptors (Lipinski definition) is 5. The van der Waals surface area contributed by atoms with Crippen molar-refractivity contribution in [3.05, 3.63) is 47.5 Å². The zero-order valence-electron chi connectivity index (χ0n) is 13.6. The fourth-order valence-corrected chi connectivity index (χ4v) is 2.19. The Balaban J connectivity index is 2.69. The highest BCUT2D eigenvalue weighted by molar-refractivity contribution is 5.99. The maximum atomic E-state index is 11.9. The molecule has 23 heavy (non-hydrogen) atoms. The van der Waals surface area contributed by atoms with Gasteiger partial charge >= 0.3 is 12.1 Å². The van der Waals surface area contributed by atoms with Crippen molar-refractivity contribution in [2.24, 2.45) is 0 Å². The minimum Gasteiger partial charge on any atom is -0.437 e. The molecule has 0 aliphatic carbocycles. The Hall–Kier alpha value is -2.82. The average Bonchev–Trinajstić information content (AvgIpc) is 2.54. The van der Waals surface area contributed by atoms with Crippen molar-refractivity contribution in [2.45, 2.75) is 20.8 Å². The maximum absolute atomic E-state index is 11.9. The number of hydrogen-bond donors (Lipinski definition) is 0. The molecule has 0 bridgehead atoms. The Bertz CT molecular complexity index is 805. The molecule has 0 amide bonds. The quantitative estimate of drug-likeness (QED) is 0.370. The van der Waals surface area contributed by atoms with Crippen molar-refractivity contribution in [3.8, 4) is 11.5 Å². The van der Waals surface area contributed by atoms with Crippen LogP contribution in [0.1, 0.15) is 18.1 Å². The molecule has 0 spiro atoms. The Morgan fingerprint density at radius 3 is 1.87 bits per heavy atom. The SMILES string of the molecule is C=C(C)C(=O)Oc1c(C)c(C)c(OC(=O)OC)c2ccccc12. The molecule has 0 saturated carbocycles. The lowest BCUT2D eigenvalue weighted by molar-refractivity contribution is -0.130. The Morgan fingerprint density at radius 2 is 1.43 bits per heavy atom. The van der Waals surface area contributed by atoms with Crippen molar-refractivity contribution in [3.63, 3.8) is 0 Å². The molecule has 0 aromatic heterocycles. The molecular weight excluding hydrogens is 296 g/mol. The van der Waals surface area contributed by atoms with E-state index >= 15 is 0 Å². The van der Waals surface area contributed by atoms with E-state index in [1.807, 2.05) is 12.1 Å². The van der Waals surface area contributed by atoms with E-state index in [4.69, 9.17) is 9.47 Å². The van der Waals surface area contributed by atoms with Crippen LogP contribution >= 0.6 is 0 Å². The molecule has 0 aliphatic heterocycles. The molecule has 0 fully saturated rings. The highest BCUT2D eigenvalue weighted by atomic mass is 16.7. The van der Waals surface area contributed by atoms with E-state index in [1.165, 1.54) is 7.11 Å². The van der Waals surface area contributed by atoms with E-state index in [1.54, 1.807) is 32.9 Å². The lowest BCUT2D eigenvalue weighted by atomic mass is 9.99. The van der Waals surface area contributed by atoms with E-state index in [0.29, 0.717) is 39.0 Å². The lowest BCUT2D eigenvalue weighted by Crippen LogP contribution is -2.12. The van der Waals surface area contributed by atoms with E-state index in [2.05, 4.69) is 11.3 Å². The fraction of sp³-hybridized carbons (Fsp3) is 0.222. The summed E-state index contributed by atoms with van der Waals surface area (Å²) in [4.78, 5) is 23.4. The average molecular weight is 314 g/mol. The second-order valence-corrected chi connectivity index (χ2v) is 5.18. The molecule has 0 radical (unpaired) electrons. The largest absolute Gasteiger partial charge is 0.513 e. The van der Waals surface area contributed by atoms with E-state index in [9.17, 15) is 9.59 Å². The van der Waals surface area contributed by atoms with Gasteiger partial charge < -0.3 is 14.2 Å². The molecule has 0 heterocycles. The Kier molecular flexibility index (Phi) is 4.69. The molecule has 2 aromatic rings. The summed E-state index contributed by atoms with van der Waals surface area (Å²) < 4.78 is 15.3. The normalized spacial score (nSPS) is 10.3. The van der Waals surface area contributed by atoms with Gasteiger partial charge in [0.05, 0.1) is 7.11 Å². The molecule has 0 unspecified atom stereocenters. The molecule has 2 aromatic carbocycles. The number of methoxy groups -OCH3 is 1. The van der Waals surface area contributed by atoms with Crippen LogP contribution in [-0.4, -0.2) is 19.2 Å². The Labute approximate surface area is 134 Å². The first kappa shape index (κ1) is 16.5. The Morgan fingerprint density at radius 1 is 0.957 bits per heavy atom. The fourth-order valence-electron chi connectivity index (χ4n) is 2.19. The number of fused-ring (bicyclic) bond motifs is 1.